The van der Waals surface area contributed by atoms with Gasteiger partial charge in [0.1, 0.15) is 6.54 Å². The highest BCUT2D eigenvalue weighted by Crippen LogP contribution is 2.29. The van der Waals surface area contributed by atoms with Crippen LogP contribution < -0.4 is 15.1 Å². The molecule has 12 heteroatoms. The van der Waals surface area contributed by atoms with E-state index in [1.54, 1.807) is 4.90 Å². The maximum absolute atomic E-state index is 13.2. The molecule has 0 atom stereocenters. The first kappa shape index (κ1) is 23.7. The van der Waals surface area contributed by atoms with Crippen LogP contribution in [0.1, 0.15) is 18.4 Å². The van der Waals surface area contributed by atoms with Gasteiger partial charge in [-0.15, -0.1) is 10.2 Å². The molecule has 0 aliphatic carbocycles. The Morgan fingerprint density at radius 1 is 1.12 bits per heavy atom. The summed E-state index contributed by atoms with van der Waals surface area (Å²) in [5, 5.41) is 10.8. The third kappa shape index (κ3) is 6.11. The fourth-order valence-corrected chi connectivity index (χ4v) is 4.71. The number of carbonyl (C=O) groups excluding carboxylic acids is 1. The second-order valence-corrected chi connectivity index (χ2v) is 9.06. The molecule has 33 heavy (non-hydrogen) atoms. The summed E-state index contributed by atoms with van der Waals surface area (Å²) in [6.45, 7) is 4.49. The summed E-state index contributed by atoms with van der Waals surface area (Å²) in [7, 11) is 0. The van der Waals surface area contributed by atoms with Crippen molar-refractivity contribution in [3.8, 4) is 0 Å². The summed E-state index contributed by atoms with van der Waals surface area (Å²) < 4.78 is 45.9. The number of thioether (sulfide) groups is 1. The van der Waals surface area contributed by atoms with Crippen molar-refractivity contribution in [1.82, 2.24) is 14.8 Å². The van der Waals surface area contributed by atoms with Gasteiger partial charge in [-0.2, -0.15) is 13.2 Å². The zero-order chi connectivity index (χ0) is 23.4. The first-order chi connectivity index (χ1) is 15.8. The Morgan fingerprint density at radius 3 is 2.52 bits per heavy atom. The molecule has 1 amide bonds. The lowest BCUT2D eigenvalue weighted by molar-refractivity contribution is -0.141. The van der Waals surface area contributed by atoms with Crippen LogP contribution in [-0.2, 0) is 16.1 Å². The van der Waals surface area contributed by atoms with E-state index in [9.17, 15) is 18.0 Å². The van der Waals surface area contributed by atoms with Gasteiger partial charge in [0.2, 0.25) is 11.9 Å². The molecule has 0 spiro atoms. The number of nitrogens with one attached hydrogen (secondary N) is 1. The van der Waals surface area contributed by atoms with Crippen LogP contribution in [0.4, 0.5) is 30.5 Å². The number of morpholine rings is 1. The molecule has 2 aliphatic rings. The van der Waals surface area contributed by atoms with Gasteiger partial charge in [-0.25, -0.2) is 0 Å². The van der Waals surface area contributed by atoms with Crippen LogP contribution in [0.5, 0.6) is 0 Å². The molecule has 180 valence electrons. The minimum absolute atomic E-state index is 0.0603. The minimum Gasteiger partial charge on any atom is -0.378 e. The van der Waals surface area contributed by atoms with Gasteiger partial charge in [-0.1, -0.05) is 11.8 Å². The molecule has 1 aromatic heterocycles. The van der Waals surface area contributed by atoms with Crippen LogP contribution in [0.2, 0.25) is 0 Å². The van der Waals surface area contributed by atoms with Crippen molar-refractivity contribution in [3.63, 3.8) is 0 Å². The highest BCUT2D eigenvalue weighted by molar-refractivity contribution is 7.99. The van der Waals surface area contributed by atoms with Gasteiger partial charge in [-0.3, -0.25) is 9.36 Å². The van der Waals surface area contributed by atoms with Crippen LogP contribution in [-0.4, -0.2) is 72.0 Å². The van der Waals surface area contributed by atoms with E-state index >= 15 is 0 Å². The molecule has 8 nitrogen and oxygen atoms in total. The van der Waals surface area contributed by atoms with E-state index in [-0.39, 0.29) is 22.8 Å². The summed E-state index contributed by atoms with van der Waals surface area (Å²) in [4.78, 5) is 16.6. The standard InChI is InChI=1S/C21H27F3N6O2S/c1-15-12-16(28-6-2-3-7-28)4-5-17(15)25-18(31)13-33-20-27-26-19(29-8-10-32-11-9-29)30(20)14-21(22,23)24/h4-5,12H,2-3,6-11,13-14H2,1H3,(H,25,31). The number of aryl methyl sites for hydroxylation is 1. The predicted molar refractivity (Wildman–Crippen MR) is 121 cm³/mol. The number of amides is 1. The number of halogens is 3. The van der Waals surface area contributed by atoms with Crippen molar-refractivity contribution in [1.29, 1.82) is 0 Å². The van der Waals surface area contributed by atoms with Gasteiger partial charge in [-0.05, 0) is 43.5 Å². The molecule has 2 aliphatic heterocycles. The highest BCUT2D eigenvalue weighted by Gasteiger charge is 2.33. The number of anilines is 3. The van der Waals surface area contributed by atoms with Crippen molar-refractivity contribution < 1.29 is 22.7 Å². The SMILES string of the molecule is Cc1cc(N2CCCC2)ccc1NC(=O)CSc1nnc(N2CCOCC2)n1CC(F)(F)F. The van der Waals surface area contributed by atoms with E-state index in [4.69, 9.17) is 4.74 Å². The molecule has 1 N–H and O–H groups in total. The third-order valence-electron chi connectivity index (χ3n) is 5.62. The van der Waals surface area contributed by atoms with Crippen LogP contribution in [0.15, 0.2) is 23.4 Å². The number of rotatable bonds is 7. The predicted octanol–water partition coefficient (Wildman–Crippen LogP) is 3.32. The Kier molecular flexibility index (Phi) is 7.32. The molecule has 1 aromatic carbocycles. The Bertz CT molecular complexity index is 971. The molecule has 0 unspecified atom stereocenters. The molecule has 2 aromatic rings. The molecule has 2 fully saturated rings. The topological polar surface area (TPSA) is 75.5 Å². The van der Waals surface area contributed by atoms with E-state index in [1.807, 2.05) is 25.1 Å². The monoisotopic (exact) mass is 484 g/mol. The fraction of sp³-hybridized carbons (Fsp3) is 0.571. The van der Waals surface area contributed by atoms with Gasteiger partial charge in [0, 0.05) is 37.6 Å². The largest absolute Gasteiger partial charge is 0.406 e. The minimum atomic E-state index is -4.44. The van der Waals surface area contributed by atoms with Crippen LogP contribution >= 0.6 is 11.8 Å². The van der Waals surface area contributed by atoms with E-state index in [0.29, 0.717) is 32.0 Å². The van der Waals surface area contributed by atoms with Crippen molar-refractivity contribution in [2.24, 2.45) is 0 Å². The van der Waals surface area contributed by atoms with Crippen molar-refractivity contribution in [3.05, 3.63) is 23.8 Å². The second kappa shape index (κ2) is 10.2. The maximum Gasteiger partial charge on any atom is 0.406 e. The average molecular weight is 485 g/mol. The van der Waals surface area contributed by atoms with Gasteiger partial charge < -0.3 is 19.9 Å². The fourth-order valence-electron chi connectivity index (χ4n) is 3.98. The summed E-state index contributed by atoms with van der Waals surface area (Å²) >= 11 is 0.940. The molecule has 4 rings (SSSR count). The number of aromatic nitrogens is 3. The number of ether oxygens (including phenoxy) is 1. The molecular weight excluding hydrogens is 457 g/mol. The number of benzene rings is 1. The van der Waals surface area contributed by atoms with E-state index < -0.39 is 12.7 Å². The highest BCUT2D eigenvalue weighted by atomic mass is 32.2. The first-order valence-corrected chi connectivity index (χ1v) is 11.9. The van der Waals surface area contributed by atoms with Gasteiger partial charge in [0.05, 0.1) is 19.0 Å². The van der Waals surface area contributed by atoms with Crippen molar-refractivity contribution in [2.45, 2.75) is 37.6 Å². The van der Waals surface area contributed by atoms with E-state index in [1.165, 1.54) is 12.8 Å². The Hall–Kier alpha value is -2.47. The second-order valence-electron chi connectivity index (χ2n) is 8.11. The van der Waals surface area contributed by atoms with Crippen molar-refractivity contribution in [2.75, 3.05) is 60.3 Å². The first-order valence-electron chi connectivity index (χ1n) is 10.9. The summed E-state index contributed by atoms with van der Waals surface area (Å²) in [6.07, 6.45) is -2.07. The van der Waals surface area contributed by atoms with Crippen molar-refractivity contribution >= 4 is 35.0 Å². The third-order valence-corrected chi connectivity index (χ3v) is 6.58. The molecule has 0 radical (unpaired) electrons. The van der Waals surface area contributed by atoms with Gasteiger partial charge in [0.25, 0.3) is 0 Å². The molecule has 3 heterocycles. The zero-order valence-corrected chi connectivity index (χ0v) is 19.2. The van der Waals surface area contributed by atoms with Crippen LogP contribution in [0.3, 0.4) is 0 Å². The smallest absolute Gasteiger partial charge is 0.378 e. The lowest BCUT2D eigenvalue weighted by Crippen LogP contribution is -2.38. The Balaban J connectivity index is 1.40. The lowest BCUT2D eigenvalue weighted by atomic mass is 10.1. The van der Waals surface area contributed by atoms with Gasteiger partial charge in [0.15, 0.2) is 5.16 Å². The molecule has 2 saturated heterocycles. The lowest BCUT2D eigenvalue weighted by Gasteiger charge is -2.28. The number of nitrogens with zero attached hydrogens (tertiary/aromatic N) is 5. The number of hydrogen-bond donors (Lipinski definition) is 1. The zero-order valence-electron chi connectivity index (χ0n) is 18.4. The van der Waals surface area contributed by atoms with Gasteiger partial charge >= 0.3 is 6.18 Å². The quantitative estimate of drug-likeness (QED) is 0.605. The molecule has 0 saturated carbocycles. The Labute approximate surface area is 194 Å². The average Bonchev–Trinajstić information content (AvgIpc) is 3.44. The number of carbonyl (C=O) groups is 1. The van der Waals surface area contributed by atoms with E-state index in [2.05, 4.69) is 20.4 Å². The normalized spacial score (nSPS) is 17.0. The Morgan fingerprint density at radius 2 is 1.85 bits per heavy atom. The molecular formula is C21H27F3N6O2S. The summed E-state index contributed by atoms with van der Waals surface area (Å²) in [5.41, 5.74) is 2.76. The maximum atomic E-state index is 13.2. The number of hydrogen-bond acceptors (Lipinski definition) is 7. The summed E-state index contributed by atoms with van der Waals surface area (Å²) in [5.74, 6) is -0.245. The molecule has 0 bridgehead atoms. The van der Waals surface area contributed by atoms with E-state index in [0.717, 1.165) is 40.7 Å². The van der Waals surface area contributed by atoms with Crippen LogP contribution in [0, 0.1) is 6.92 Å². The van der Waals surface area contributed by atoms with Crippen LogP contribution in [0.25, 0.3) is 0 Å². The summed E-state index contributed by atoms with van der Waals surface area (Å²) in [6, 6.07) is 5.90. The number of alkyl halides is 3.